The Morgan fingerprint density at radius 1 is 1.19 bits per heavy atom. The molecule has 0 aliphatic carbocycles. The summed E-state index contributed by atoms with van der Waals surface area (Å²) in [5.41, 5.74) is 3.49. The number of nitrogens with one attached hydrogen (secondary N) is 1. The Kier molecular flexibility index (Phi) is 3.77. The molecule has 0 spiro atoms. The molecule has 0 atom stereocenters. The zero-order valence-electron chi connectivity index (χ0n) is 9.07. The van der Waals surface area contributed by atoms with Gasteiger partial charge in [0.25, 0.3) is 0 Å². The van der Waals surface area contributed by atoms with Gasteiger partial charge in [-0.3, -0.25) is 4.98 Å². The maximum Gasteiger partial charge on any atom is 0.0478 e. The number of benzene rings is 1. The van der Waals surface area contributed by atoms with Crippen molar-refractivity contribution in [1.29, 1.82) is 0 Å². The van der Waals surface area contributed by atoms with Gasteiger partial charge in [0.05, 0.1) is 0 Å². The fourth-order valence-electron chi connectivity index (χ4n) is 1.50. The van der Waals surface area contributed by atoms with Crippen LogP contribution in [0, 0.1) is 10.5 Å². The molecule has 0 unspecified atom stereocenters. The minimum atomic E-state index is 0.819. The smallest absolute Gasteiger partial charge is 0.0478 e. The van der Waals surface area contributed by atoms with Gasteiger partial charge in [0.15, 0.2) is 0 Å². The first-order valence-corrected chi connectivity index (χ1v) is 6.24. The van der Waals surface area contributed by atoms with E-state index in [1.165, 1.54) is 14.8 Å². The predicted molar refractivity (Wildman–Crippen MR) is 75.5 cm³/mol. The maximum absolute atomic E-state index is 4.27. The Balaban J connectivity index is 2.09. The van der Waals surface area contributed by atoms with Crippen molar-refractivity contribution in [3.63, 3.8) is 0 Å². The molecular formula is C13H13IN2. The molecule has 2 aromatic rings. The second kappa shape index (κ2) is 5.30. The largest absolute Gasteiger partial charge is 0.380 e. The number of pyridine rings is 1. The van der Waals surface area contributed by atoms with E-state index in [2.05, 4.69) is 51.1 Å². The van der Waals surface area contributed by atoms with Gasteiger partial charge in [0, 0.05) is 27.7 Å². The van der Waals surface area contributed by atoms with Crippen molar-refractivity contribution in [3.8, 4) is 0 Å². The van der Waals surface area contributed by atoms with E-state index in [1.807, 2.05) is 31.3 Å². The second-order valence-electron chi connectivity index (χ2n) is 3.58. The Morgan fingerprint density at radius 2 is 2.00 bits per heavy atom. The van der Waals surface area contributed by atoms with Crippen molar-refractivity contribution in [3.05, 3.63) is 57.4 Å². The number of nitrogens with zero attached hydrogens (tertiary/aromatic N) is 1. The van der Waals surface area contributed by atoms with Crippen molar-refractivity contribution in [2.45, 2.75) is 13.5 Å². The Bertz CT molecular complexity index is 437. The van der Waals surface area contributed by atoms with Crippen LogP contribution in [0.15, 0.2) is 42.6 Å². The van der Waals surface area contributed by atoms with Crippen LogP contribution in [0.4, 0.5) is 5.69 Å². The monoisotopic (exact) mass is 324 g/mol. The van der Waals surface area contributed by atoms with Crippen molar-refractivity contribution in [2.24, 2.45) is 0 Å². The van der Waals surface area contributed by atoms with Gasteiger partial charge in [-0.15, -0.1) is 0 Å². The fourth-order valence-corrected chi connectivity index (χ4v) is 2.08. The average molecular weight is 324 g/mol. The summed E-state index contributed by atoms with van der Waals surface area (Å²) in [5, 5.41) is 3.42. The van der Waals surface area contributed by atoms with Crippen LogP contribution in [-0.4, -0.2) is 4.98 Å². The summed E-state index contributed by atoms with van der Waals surface area (Å²) in [5.74, 6) is 0. The third-order valence-corrected chi connectivity index (χ3v) is 3.40. The summed E-state index contributed by atoms with van der Waals surface area (Å²) in [4.78, 5) is 4.27. The molecular weight excluding hydrogens is 311 g/mol. The topological polar surface area (TPSA) is 24.9 Å². The SMILES string of the molecule is Cc1ncccc1CNc1ccccc1I. The first-order chi connectivity index (χ1) is 7.77. The highest BCUT2D eigenvalue weighted by atomic mass is 127. The predicted octanol–water partition coefficient (Wildman–Crippen LogP) is 3.61. The number of anilines is 1. The van der Waals surface area contributed by atoms with Crippen LogP contribution in [-0.2, 0) is 6.54 Å². The molecule has 0 fully saturated rings. The Hall–Kier alpha value is -1.10. The van der Waals surface area contributed by atoms with Crippen LogP contribution >= 0.6 is 22.6 Å². The zero-order valence-corrected chi connectivity index (χ0v) is 11.2. The van der Waals surface area contributed by atoms with Gasteiger partial charge >= 0.3 is 0 Å². The number of halogens is 1. The van der Waals surface area contributed by atoms with E-state index in [0.29, 0.717) is 0 Å². The minimum Gasteiger partial charge on any atom is -0.380 e. The van der Waals surface area contributed by atoms with Gasteiger partial charge in [-0.2, -0.15) is 0 Å². The lowest BCUT2D eigenvalue weighted by atomic mass is 10.2. The second-order valence-corrected chi connectivity index (χ2v) is 4.74. The highest BCUT2D eigenvalue weighted by Gasteiger charge is 2.00. The summed E-state index contributed by atoms with van der Waals surface area (Å²) < 4.78 is 1.24. The van der Waals surface area contributed by atoms with Crippen molar-refractivity contribution in [1.82, 2.24) is 4.98 Å². The van der Waals surface area contributed by atoms with Gasteiger partial charge in [0.2, 0.25) is 0 Å². The van der Waals surface area contributed by atoms with Gasteiger partial charge in [-0.1, -0.05) is 18.2 Å². The van der Waals surface area contributed by atoms with Gasteiger partial charge in [-0.25, -0.2) is 0 Å². The summed E-state index contributed by atoms with van der Waals surface area (Å²) in [6, 6.07) is 12.3. The average Bonchev–Trinajstić information content (AvgIpc) is 2.30. The first kappa shape index (κ1) is 11.4. The van der Waals surface area contributed by atoms with Crippen LogP contribution in [0.1, 0.15) is 11.3 Å². The van der Waals surface area contributed by atoms with Crippen LogP contribution in [0.3, 0.4) is 0 Å². The van der Waals surface area contributed by atoms with Crippen molar-refractivity contribution < 1.29 is 0 Å². The first-order valence-electron chi connectivity index (χ1n) is 5.16. The standard InChI is InChI=1S/C13H13IN2/c1-10-11(5-4-8-15-10)9-16-13-7-3-2-6-12(13)14/h2-8,16H,9H2,1H3. The molecule has 2 nitrogen and oxygen atoms in total. The van der Waals surface area contributed by atoms with E-state index in [0.717, 1.165) is 12.2 Å². The van der Waals surface area contributed by atoms with E-state index in [9.17, 15) is 0 Å². The Morgan fingerprint density at radius 3 is 2.75 bits per heavy atom. The van der Waals surface area contributed by atoms with E-state index in [-0.39, 0.29) is 0 Å². The molecule has 1 heterocycles. The molecule has 0 bridgehead atoms. The Labute approximate surface area is 109 Å². The highest BCUT2D eigenvalue weighted by molar-refractivity contribution is 14.1. The third-order valence-electron chi connectivity index (χ3n) is 2.46. The van der Waals surface area contributed by atoms with Crippen LogP contribution in [0.5, 0.6) is 0 Å². The zero-order chi connectivity index (χ0) is 11.4. The molecule has 2 rings (SSSR count). The van der Waals surface area contributed by atoms with Crippen LogP contribution in [0.25, 0.3) is 0 Å². The molecule has 3 heteroatoms. The summed E-state index contributed by atoms with van der Waals surface area (Å²) in [7, 11) is 0. The number of para-hydroxylation sites is 1. The molecule has 1 N–H and O–H groups in total. The molecule has 0 aliphatic rings. The highest BCUT2D eigenvalue weighted by Crippen LogP contribution is 2.18. The van der Waals surface area contributed by atoms with E-state index in [4.69, 9.17) is 0 Å². The molecule has 0 aliphatic heterocycles. The van der Waals surface area contributed by atoms with E-state index >= 15 is 0 Å². The summed E-state index contributed by atoms with van der Waals surface area (Å²) in [6.45, 7) is 2.85. The maximum atomic E-state index is 4.27. The quantitative estimate of drug-likeness (QED) is 0.873. The number of hydrogen-bond donors (Lipinski definition) is 1. The lowest BCUT2D eigenvalue weighted by molar-refractivity contribution is 1.05. The number of hydrogen-bond acceptors (Lipinski definition) is 2. The molecule has 82 valence electrons. The number of rotatable bonds is 3. The van der Waals surface area contributed by atoms with Crippen molar-refractivity contribution in [2.75, 3.05) is 5.32 Å². The van der Waals surface area contributed by atoms with Gasteiger partial charge in [0.1, 0.15) is 0 Å². The van der Waals surface area contributed by atoms with Crippen LogP contribution < -0.4 is 5.32 Å². The van der Waals surface area contributed by atoms with Crippen molar-refractivity contribution >= 4 is 28.3 Å². The van der Waals surface area contributed by atoms with E-state index < -0.39 is 0 Å². The molecule has 0 saturated heterocycles. The lowest BCUT2D eigenvalue weighted by Crippen LogP contribution is -2.03. The normalized spacial score (nSPS) is 10.1. The molecule has 0 saturated carbocycles. The molecule has 0 radical (unpaired) electrons. The summed E-state index contributed by atoms with van der Waals surface area (Å²) >= 11 is 2.33. The molecule has 16 heavy (non-hydrogen) atoms. The molecule has 1 aromatic heterocycles. The summed E-state index contributed by atoms with van der Waals surface area (Å²) in [6.07, 6.45) is 1.82. The number of aromatic nitrogens is 1. The minimum absolute atomic E-state index is 0.819. The molecule has 1 aromatic carbocycles. The third kappa shape index (κ3) is 2.72. The fraction of sp³-hybridized carbons (Fsp3) is 0.154. The lowest BCUT2D eigenvalue weighted by Gasteiger charge is -2.09. The van der Waals surface area contributed by atoms with Gasteiger partial charge < -0.3 is 5.32 Å². The molecule has 0 amide bonds. The van der Waals surface area contributed by atoms with Crippen LogP contribution in [0.2, 0.25) is 0 Å². The van der Waals surface area contributed by atoms with Gasteiger partial charge in [-0.05, 0) is 53.3 Å². The van der Waals surface area contributed by atoms with E-state index in [1.54, 1.807) is 0 Å². The number of aryl methyl sites for hydroxylation is 1.